The topological polar surface area (TPSA) is 72.2 Å². The highest BCUT2D eigenvalue weighted by Gasteiger charge is 2.21. The van der Waals surface area contributed by atoms with Crippen LogP contribution in [-0.2, 0) is 0 Å². The second kappa shape index (κ2) is 6.96. The highest BCUT2D eigenvalue weighted by atomic mass is 35.5. The van der Waals surface area contributed by atoms with Crippen LogP contribution in [0.5, 0.6) is 0 Å². The molecule has 0 aliphatic carbocycles. The van der Waals surface area contributed by atoms with Gasteiger partial charge in [0.05, 0.1) is 4.92 Å². The molecule has 0 saturated carbocycles. The van der Waals surface area contributed by atoms with Gasteiger partial charge in [-0.25, -0.2) is 0 Å². The molecule has 0 aliphatic heterocycles. The Morgan fingerprint density at radius 2 is 2.17 bits per heavy atom. The molecule has 18 heavy (non-hydrogen) atoms. The van der Waals surface area contributed by atoms with Crippen molar-refractivity contribution in [2.75, 3.05) is 12.4 Å². The summed E-state index contributed by atoms with van der Waals surface area (Å²) in [5, 5.41) is 13.5. The van der Waals surface area contributed by atoms with E-state index < -0.39 is 10.8 Å². The van der Waals surface area contributed by atoms with Crippen molar-refractivity contribution in [1.82, 2.24) is 5.32 Å². The summed E-state index contributed by atoms with van der Waals surface area (Å²) in [6, 6.07) is 4.58. The molecule has 1 aromatic carbocycles. The minimum Gasteiger partial charge on any atom is -0.352 e. The zero-order valence-electron chi connectivity index (χ0n) is 10.1. The van der Waals surface area contributed by atoms with Gasteiger partial charge in [-0.05, 0) is 25.3 Å². The summed E-state index contributed by atoms with van der Waals surface area (Å²) in [5.41, 5.74) is 0.567. The van der Waals surface area contributed by atoms with Gasteiger partial charge in [-0.2, -0.15) is 0 Å². The zero-order chi connectivity index (χ0) is 13.5. The Bertz CT molecular complexity index is 449. The molecule has 0 fully saturated rings. The van der Waals surface area contributed by atoms with Crippen molar-refractivity contribution < 1.29 is 9.72 Å². The molecule has 0 unspecified atom stereocenters. The molecular weight excluding hydrogens is 256 g/mol. The van der Waals surface area contributed by atoms with Crippen molar-refractivity contribution in [3.8, 4) is 0 Å². The van der Waals surface area contributed by atoms with Crippen molar-refractivity contribution >= 4 is 23.2 Å². The van der Waals surface area contributed by atoms with E-state index in [9.17, 15) is 14.9 Å². The van der Waals surface area contributed by atoms with E-state index in [4.69, 9.17) is 11.6 Å². The minimum absolute atomic E-state index is 0.133. The van der Waals surface area contributed by atoms with E-state index >= 15 is 0 Å². The van der Waals surface area contributed by atoms with Gasteiger partial charge in [0.2, 0.25) is 0 Å². The number of benzene rings is 1. The maximum Gasteiger partial charge on any atom is 0.282 e. The average molecular weight is 271 g/mol. The van der Waals surface area contributed by atoms with Crippen molar-refractivity contribution in [3.63, 3.8) is 0 Å². The number of alkyl halides is 1. The predicted octanol–water partition coefficient (Wildman–Crippen LogP) is 2.65. The van der Waals surface area contributed by atoms with Crippen LogP contribution in [0.1, 0.15) is 28.8 Å². The van der Waals surface area contributed by atoms with E-state index in [0.717, 1.165) is 12.8 Å². The quantitative estimate of drug-likeness (QED) is 0.374. The summed E-state index contributed by atoms with van der Waals surface area (Å²) < 4.78 is 0. The molecule has 5 nitrogen and oxygen atoms in total. The molecule has 6 heteroatoms. The largest absolute Gasteiger partial charge is 0.352 e. The molecule has 1 N–H and O–H groups in total. The fourth-order valence-electron chi connectivity index (χ4n) is 1.61. The van der Waals surface area contributed by atoms with Gasteiger partial charge in [-0.1, -0.05) is 12.1 Å². The lowest BCUT2D eigenvalue weighted by molar-refractivity contribution is -0.385. The molecule has 1 aromatic rings. The number of nitro benzene ring substituents is 1. The van der Waals surface area contributed by atoms with E-state index in [-0.39, 0.29) is 11.3 Å². The van der Waals surface area contributed by atoms with Crippen LogP contribution < -0.4 is 5.32 Å². The molecule has 1 rings (SSSR count). The summed E-state index contributed by atoms with van der Waals surface area (Å²) in [5.74, 6) is 0.134. The second-order valence-corrected chi connectivity index (χ2v) is 4.26. The fourth-order valence-corrected chi connectivity index (χ4v) is 1.80. The van der Waals surface area contributed by atoms with Crippen LogP contribution in [0.15, 0.2) is 18.2 Å². The van der Waals surface area contributed by atoms with Crippen molar-refractivity contribution in [3.05, 3.63) is 39.4 Å². The van der Waals surface area contributed by atoms with E-state index in [0.29, 0.717) is 18.0 Å². The summed E-state index contributed by atoms with van der Waals surface area (Å²) >= 11 is 5.52. The maximum absolute atomic E-state index is 11.9. The fraction of sp³-hybridized carbons (Fsp3) is 0.417. The molecule has 0 atom stereocenters. The number of nitrogens with zero attached hydrogens (tertiary/aromatic N) is 1. The lowest BCUT2D eigenvalue weighted by Gasteiger charge is -2.07. The Kier molecular flexibility index (Phi) is 5.58. The third kappa shape index (κ3) is 3.70. The first kappa shape index (κ1) is 14.4. The SMILES string of the molecule is Cc1cccc([N+](=O)[O-])c1C(=O)NCCCCCl. The molecule has 98 valence electrons. The molecule has 0 saturated heterocycles. The first-order valence-electron chi connectivity index (χ1n) is 5.66. The Hall–Kier alpha value is -1.62. The highest BCUT2D eigenvalue weighted by Crippen LogP contribution is 2.21. The average Bonchev–Trinajstić information content (AvgIpc) is 2.34. The lowest BCUT2D eigenvalue weighted by atomic mass is 10.1. The van der Waals surface area contributed by atoms with Crippen LogP contribution in [0, 0.1) is 17.0 Å². The molecular formula is C12H15ClN2O3. The van der Waals surface area contributed by atoms with E-state index in [2.05, 4.69) is 5.32 Å². The summed E-state index contributed by atoms with van der Waals surface area (Å²) in [4.78, 5) is 22.2. The standard InChI is InChI=1S/C12H15ClN2O3/c1-9-5-4-6-10(15(17)18)11(9)12(16)14-8-3-2-7-13/h4-6H,2-3,7-8H2,1H3,(H,14,16). The second-order valence-electron chi connectivity index (χ2n) is 3.88. The number of hydrogen-bond donors (Lipinski definition) is 1. The number of nitro groups is 1. The van der Waals surface area contributed by atoms with E-state index in [1.165, 1.54) is 6.07 Å². The first-order chi connectivity index (χ1) is 8.57. The first-order valence-corrected chi connectivity index (χ1v) is 6.19. The van der Waals surface area contributed by atoms with Gasteiger partial charge in [-0.15, -0.1) is 11.6 Å². The van der Waals surface area contributed by atoms with Crippen molar-refractivity contribution in [1.29, 1.82) is 0 Å². The van der Waals surface area contributed by atoms with Gasteiger partial charge in [0.1, 0.15) is 5.56 Å². The van der Waals surface area contributed by atoms with E-state index in [1.807, 2.05) is 0 Å². The van der Waals surface area contributed by atoms with Crippen LogP contribution in [0.2, 0.25) is 0 Å². The number of carbonyl (C=O) groups excluding carboxylic acids is 1. The monoisotopic (exact) mass is 270 g/mol. The van der Waals surface area contributed by atoms with Gasteiger partial charge in [0.15, 0.2) is 0 Å². The molecule has 0 bridgehead atoms. The van der Waals surface area contributed by atoms with Crippen molar-refractivity contribution in [2.24, 2.45) is 0 Å². The van der Waals surface area contributed by atoms with Gasteiger partial charge in [0, 0.05) is 18.5 Å². The Labute approximate surface area is 110 Å². The van der Waals surface area contributed by atoms with Crippen LogP contribution >= 0.6 is 11.6 Å². The number of hydrogen-bond acceptors (Lipinski definition) is 3. The van der Waals surface area contributed by atoms with Gasteiger partial charge >= 0.3 is 0 Å². The minimum atomic E-state index is -0.541. The molecule has 0 heterocycles. The molecule has 0 aromatic heterocycles. The van der Waals surface area contributed by atoms with Crippen molar-refractivity contribution in [2.45, 2.75) is 19.8 Å². The van der Waals surface area contributed by atoms with Crippen LogP contribution in [-0.4, -0.2) is 23.3 Å². The van der Waals surface area contributed by atoms with Gasteiger partial charge < -0.3 is 5.32 Å². The smallest absolute Gasteiger partial charge is 0.282 e. The zero-order valence-corrected chi connectivity index (χ0v) is 10.9. The lowest BCUT2D eigenvalue weighted by Crippen LogP contribution is -2.26. The number of carbonyl (C=O) groups is 1. The molecule has 1 amide bonds. The number of aryl methyl sites for hydroxylation is 1. The summed E-state index contributed by atoms with van der Waals surface area (Å²) in [7, 11) is 0. The Morgan fingerprint density at radius 1 is 1.44 bits per heavy atom. The van der Waals surface area contributed by atoms with Crippen LogP contribution in [0.25, 0.3) is 0 Å². The molecule has 0 aliphatic rings. The number of unbranched alkanes of at least 4 members (excludes halogenated alkanes) is 1. The highest BCUT2D eigenvalue weighted by molar-refractivity contribution is 6.17. The van der Waals surface area contributed by atoms with Gasteiger partial charge in [0.25, 0.3) is 11.6 Å². The number of amides is 1. The third-order valence-corrected chi connectivity index (χ3v) is 2.79. The van der Waals surface area contributed by atoms with Gasteiger partial charge in [-0.3, -0.25) is 14.9 Å². The molecule has 0 spiro atoms. The summed E-state index contributed by atoms with van der Waals surface area (Å²) in [6.45, 7) is 2.15. The Morgan fingerprint density at radius 3 is 2.78 bits per heavy atom. The van der Waals surface area contributed by atoms with E-state index in [1.54, 1.807) is 19.1 Å². The van der Waals surface area contributed by atoms with Crippen LogP contribution in [0.3, 0.4) is 0 Å². The van der Waals surface area contributed by atoms with Crippen LogP contribution in [0.4, 0.5) is 5.69 Å². The predicted molar refractivity (Wildman–Crippen MR) is 70.1 cm³/mol. The number of rotatable bonds is 6. The third-order valence-electron chi connectivity index (χ3n) is 2.52. The molecule has 0 radical (unpaired) electrons. The number of halogens is 1. The normalized spacial score (nSPS) is 10.1. The Balaban J connectivity index is 2.81. The summed E-state index contributed by atoms with van der Waals surface area (Å²) in [6.07, 6.45) is 1.56. The number of nitrogens with one attached hydrogen (secondary N) is 1. The maximum atomic E-state index is 11.9.